The van der Waals surface area contributed by atoms with Crippen molar-refractivity contribution in [3.05, 3.63) is 24.8 Å². The third kappa shape index (κ3) is 9.94. The largest absolute Gasteiger partial charge is 0.353 e. The molecule has 0 saturated carbocycles. The van der Waals surface area contributed by atoms with Crippen LogP contribution >= 0.6 is 0 Å². The predicted octanol–water partition coefficient (Wildman–Crippen LogP) is 4.08. The third-order valence-corrected chi connectivity index (χ3v) is 2.29. The third-order valence-electron chi connectivity index (χ3n) is 2.29. The summed E-state index contributed by atoms with van der Waals surface area (Å²) in [4.78, 5) is 0. The topological polar surface area (TPSA) is 18.5 Å². The van der Waals surface area contributed by atoms with E-state index >= 15 is 0 Å². The van der Waals surface area contributed by atoms with Gasteiger partial charge in [-0.05, 0) is 39.5 Å². The highest BCUT2D eigenvalue weighted by molar-refractivity contribution is 4.96. The van der Waals surface area contributed by atoms with Crippen molar-refractivity contribution in [3.8, 4) is 0 Å². The van der Waals surface area contributed by atoms with E-state index < -0.39 is 0 Å². The molecule has 0 aromatic carbocycles. The first kappa shape index (κ1) is 15.4. The molecule has 0 N–H and O–H groups in total. The van der Waals surface area contributed by atoms with E-state index in [-0.39, 0.29) is 6.29 Å². The summed E-state index contributed by atoms with van der Waals surface area (Å²) in [7, 11) is 0. The molecule has 94 valence electrons. The minimum atomic E-state index is -0.00119. The van der Waals surface area contributed by atoms with E-state index in [0.29, 0.717) is 0 Å². The van der Waals surface area contributed by atoms with Crippen molar-refractivity contribution in [3.63, 3.8) is 0 Å². The lowest BCUT2D eigenvalue weighted by Crippen LogP contribution is -2.17. The molecule has 0 rings (SSSR count). The van der Waals surface area contributed by atoms with E-state index in [9.17, 15) is 0 Å². The van der Waals surface area contributed by atoms with Gasteiger partial charge in [-0.25, -0.2) is 0 Å². The van der Waals surface area contributed by atoms with Crippen LogP contribution in [0.2, 0.25) is 0 Å². The molecule has 0 fully saturated rings. The molecule has 16 heavy (non-hydrogen) atoms. The Kier molecular flexibility index (Phi) is 12.0. The lowest BCUT2D eigenvalue weighted by atomic mass is 10.1. The van der Waals surface area contributed by atoms with Crippen LogP contribution in [0.25, 0.3) is 0 Å². The predicted molar refractivity (Wildman–Crippen MR) is 69.5 cm³/mol. The van der Waals surface area contributed by atoms with Crippen LogP contribution in [0.1, 0.15) is 46.0 Å². The molecular formula is C14H26O2. The molecule has 0 radical (unpaired) electrons. The molecule has 0 aromatic heterocycles. The van der Waals surface area contributed by atoms with Crippen LogP contribution in [0.4, 0.5) is 0 Å². The van der Waals surface area contributed by atoms with Crippen LogP contribution < -0.4 is 0 Å². The number of rotatable bonds is 11. The van der Waals surface area contributed by atoms with E-state index in [1.807, 2.05) is 26.0 Å². The summed E-state index contributed by atoms with van der Waals surface area (Å²) < 4.78 is 11.0. The standard InChI is InChI=1S/C14H26O2/c1-4-7-8-9-10-11-12-13-14(15-5-2)16-6-3/h4,7-8,14H,1,5-6,9-13H2,2-3H3/b8-7-. The normalized spacial score (nSPS) is 11.4. The van der Waals surface area contributed by atoms with Crippen LogP contribution in [0, 0.1) is 0 Å². The number of hydrogen-bond acceptors (Lipinski definition) is 2. The zero-order valence-electron chi connectivity index (χ0n) is 10.8. The molecule has 0 saturated heterocycles. The van der Waals surface area contributed by atoms with Gasteiger partial charge in [0.15, 0.2) is 6.29 Å². The van der Waals surface area contributed by atoms with Crippen molar-refractivity contribution in [2.75, 3.05) is 13.2 Å². The smallest absolute Gasteiger partial charge is 0.157 e. The van der Waals surface area contributed by atoms with E-state index in [2.05, 4.69) is 12.7 Å². The second-order valence-electron chi connectivity index (χ2n) is 3.64. The van der Waals surface area contributed by atoms with Crippen LogP contribution in [0.5, 0.6) is 0 Å². The van der Waals surface area contributed by atoms with Crippen LogP contribution in [0.15, 0.2) is 24.8 Å². The Morgan fingerprint density at radius 1 is 1.06 bits per heavy atom. The van der Waals surface area contributed by atoms with Crippen molar-refractivity contribution >= 4 is 0 Å². The Balaban J connectivity index is 3.38. The molecular weight excluding hydrogens is 200 g/mol. The molecule has 0 unspecified atom stereocenters. The van der Waals surface area contributed by atoms with Gasteiger partial charge in [0.1, 0.15) is 0 Å². The summed E-state index contributed by atoms with van der Waals surface area (Å²) in [6.45, 7) is 9.11. The fourth-order valence-electron chi connectivity index (χ4n) is 1.53. The summed E-state index contributed by atoms with van der Waals surface area (Å²) in [6, 6.07) is 0. The molecule has 2 heteroatoms. The van der Waals surface area contributed by atoms with Gasteiger partial charge in [-0.2, -0.15) is 0 Å². The average molecular weight is 226 g/mol. The molecule has 0 bridgehead atoms. The van der Waals surface area contributed by atoms with Gasteiger partial charge in [-0.3, -0.25) is 0 Å². The van der Waals surface area contributed by atoms with Crippen molar-refractivity contribution in [1.29, 1.82) is 0 Å². The quantitative estimate of drug-likeness (QED) is 0.300. The molecule has 0 aliphatic heterocycles. The second-order valence-corrected chi connectivity index (χ2v) is 3.64. The fourth-order valence-corrected chi connectivity index (χ4v) is 1.53. The zero-order chi connectivity index (χ0) is 12.1. The highest BCUT2D eigenvalue weighted by atomic mass is 16.7. The second kappa shape index (κ2) is 12.5. The van der Waals surface area contributed by atoms with Gasteiger partial charge < -0.3 is 9.47 Å². The van der Waals surface area contributed by atoms with Crippen LogP contribution in [0.3, 0.4) is 0 Å². The Hall–Kier alpha value is -0.600. The summed E-state index contributed by atoms with van der Waals surface area (Å²) in [5, 5.41) is 0. The number of hydrogen-bond donors (Lipinski definition) is 0. The Labute approximate surface area is 100 Å². The molecule has 0 amide bonds. The molecule has 0 spiro atoms. The van der Waals surface area contributed by atoms with E-state index in [0.717, 1.165) is 26.1 Å². The summed E-state index contributed by atoms with van der Waals surface area (Å²) in [5.74, 6) is 0. The first-order valence-electron chi connectivity index (χ1n) is 6.35. The number of ether oxygens (including phenoxy) is 2. The molecule has 0 aliphatic rings. The van der Waals surface area contributed by atoms with Gasteiger partial charge in [-0.15, -0.1) is 0 Å². The van der Waals surface area contributed by atoms with Gasteiger partial charge >= 0.3 is 0 Å². The lowest BCUT2D eigenvalue weighted by molar-refractivity contribution is -0.140. The summed E-state index contributed by atoms with van der Waals surface area (Å²) in [5.41, 5.74) is 0. The van der Waals surface area contributed by atoms with Gasteiger partial charge in [0.05, 0.1) is 0 Å². The number of allylic oxidation sites excluding steroid dienone is 3. The number of unbranched alkanes of at least 4 members (excludes halogenated alkanes) is 3. The molecule has 0 atom stereocenters. The minimum absolute atomic E-state index is 0.00119. The molecule has 0 aromatic rings. The fraction of sp³-hybridized carbons (Fsp3) is 0.714. The first-order valence-corrected chi connectivity index (χ1v) is 6.35. The van der Waals surface area contributed by atoms with E-state index in [1.54, 1.807) is 0 Å². The van der Waals surface area contributed by atoms with Crippen LogP contribution in [-0.4, -0.2) is 19.5 Å². The van der Waals surface area contributed by atoms with Crippen molar-refractivity contribution in [2.45, 2.75) is 52.2 Å². The van der Waals surface area contributed by atoms with E-state index in [4.69, 9.17) is 9.47 Å². The maximum Gasteiger partial charge on any atom is 0.157 e. The maximum atomic E-state index is 5.48. The first-order chi connectivity index (χ1) is 7.85. The van der Waals surface area contributed by atoms with Crippen LogP contribution in [-0.2, 0) is 9.47 Å². The highest BCUT2D eigenvalue weighted by Gasteiger charge is 2.06. The lowest BCUT2D eigenvalue weighted by Gasteiger charge is -2.16. The van der Waals surface area contributed by atoms with Gasteiger partial charge in [0, 0.05) is 13.2 Å². The zero-order valence-corrected chi connectivity index (χ0v) is 10.8. The Bertz CT molecular complexity index is 170. The molecule has 0 heterocycles. The van der Waals surface area contributed by atoms with Crippen molar-refractivity contribution in [2.24, 2.45) is 0 Å². The molecule has 2 nitrogen and oxygen atoms in total. The average Bonchev–Trinajstić information content (AvgIpc) is 2.28. The highest BCUT2D eigenvalue weighted by Crippen LogP contribution is 2.09. The summed E-state index contributed by atoms with van der Waals surface area (Å²) >= 11 is 0. The summed E-state index contributed by atoms with van der Waals surface area (Å²) in [6.07, 6.45) is 11.8. The molecule has 0 aliphatic carbocycles. The maximum absolute atomic E-state index is 5.48. The van der Waals surface area contributed by atoms with Gasteiger partial charge in [-0.1, -0.05) is 31.2 Å². The monoisotopic (exact) mass is 226 g/mol. The van der Waals surface area contributed by atoms with Crippen molar-refractivity contribution < 1.29 is 9.47 Å². The Morgan fingerprint density at radius 2 is 1.75 bits per heavy atom. The van der Waals surface area contributed by atoms with E-state index in [1.165, 1.54) is 19.3 Å². The SMILES string of the molecule is C=C/C=C\CCCCCC(OCC)OCC. The van der Waals surface area contributed by atoms with Gasteiger partial charge in [0.25, 0.3) is 0 Å². The van der Waals surface area contributed by atoms with Gasteiger partial charge in [0.2, 0.25) is 0 Å². The van der Waals surface area contributed by atoms with Crippen molar-refractivity contribution in [1.82, 2.24) is 0 Å². The Morgan fingerprint density at radius 3 is 2.31 bits per heavy atom. The minimum Gasteiger partial charge on any atom is -0.353 e.